The van der Waals surface area contributed by atoms with Crippen LogP contribution >= 0.6 is 0 Å². The summed E-state index contributed by atoms with van der Waals surface area (Å²) in [5.74, 6) is -0.306. The molecule has 7 nitrogen and oxygen atoms in total. The van der Waals surface area contributed by atoms with Crippen LogP contribution in [0.25, 0.3) is 0 Å². The number of hydrogen-bond donors (Lipinski definition) is 2. The molecule has 0 aromatic carbocycles. The van der Waals surface area contributed by atoms with Gasteiger partial charge in [0.15, 0.2) is 5.79 Å². The molecule has 0 radical (unpaired) electrons. The molecule has 7 heteroatoms. The Labute approximate surface area is 167 Å². The highest BCUT2D eigenvalue weighted by molar-refractivity contribution is 5.68. The molecule has 2 aliphatic heterocycles. The zero-order valence-corrected chi connectivity index (χ0v) is 16.7. The van der Waals surface area contributed by atoms with Crippen molar-refractivity contribution in [3.05, 3.63) is 37.0 Å². The summed E-state index contributed by atoms with van der Waals surface area (Å²) in [7, 11) is 0. The molecule has 1 amide bonds. The second kappa shape index (κ2) is 11.4. The maximum Gasteiger partial charge on any atom is 0.410 e. The van der Waals surface area contributed by atoms with E-state index in [-0.39, 0.29) is 30.6 Å². The number of amides is 1. The van der Waals surface area contributed by atoms with Crippen molar-refractivity contribution in [2.45, 2.75) is 56.5 Å². The van der Waals surface area contributed by atoms with E-state index in [9.17, 15) is 9.90 Å². The van der Waals surface area contributed by atoms with Gasteiger partial charge in [-0.2, -0.15) is 0 Å². The number of likely N-dealkylation sites (tertiary alicyclic amines) is 1. The normalized spacial score (nSPS) is 23.1. The van der Waals surface area contributed by atoms with Crippen LogP contribution in [-0.4, -0.2) is 66.9 Å². The fourth-order valence-corrected chi connectivity index (χ4v) is 3.47. The summed E-state index contributed by atoms with van der Waals surface area (Å²) in [4.78, 5) is 13.4. The topological polar surface area (TPSA) is 94.3 Å². The van der Waals surface area contributed by atoms with Gasteiger partial charge >= 0.3 is 6.09 Å². The van der Waals surface area contributed by atoms with Crippen LogP contribution in [0.5, 0.6) is 0 Å². The quantitative estimate of drug-likeness (QED) is 0.712. The van der Waals surface area contributed by atoms with Crippen LogP contribution in [0.15, 0.2) is 37.0 Å². The molecule has 3 N–H and O–H groups in total. The van der Waals surface area contributed by atoms with E-state index in [0.29, 0.717) is 13.1 Å². The first-order valence-electron chi connectivity index (χ1n) is 10.1. The lowest BCUT2D eigenvalue weighted by atomic mass is 9.92. The van der Waals surface area contributed by atoms with Crippen molar-refractivity contribution in [1.29, 1.82) is 0 Å². The van der Waals surface area contributed by atoms with Crippen LogP contribution in [0.4, 0.5) is 4.79 Å². The molecule has 3 fully saturated rings. The highest BCUT2D eigenvalue weighted by Crippen LogP contribution is 2.35. The van der Waals surface area contributed by atoms with Gasteiger partial charge < -0.3 is 30.0 Å². The number of carbonyl (C=O) groups excluding carboxylic acids is 1. The molecule has 28 heavy (non-hydrogen) atoms. The molecule has 1 aliphatic carbocycles. The van der Waals surface area contributed by atoms with Gasteiger partial charge in [0.25, 0.3) is 0 Å². The molecule has 2 heterocycles. The second-order valence-corrected chi connectivity index (χ2v) is 7.40. The zero-order chi connectivity index (χ0) is 20.4. The Hall–Kier alpha value is -1.67. The van der Waals surface area contributed by atoms with Crippen LogP contribution in [0.3, 0.4) is 0 Å². The lowest BCUT2D eigenvalue weighted by Gasteiger charge is -2.33. The molecule has 0 atom stereocenters. The molecule has 158 valence electrons. The van der Waals surface area contributed by atoms with Crippen molar-refractivity contribution in [2.24, 2.45) is 5.73 Å². The fraction of sp³-hybridized carbons (Fsp3) is 0.667. The molecule has 3 aliphatic rings. The first-order valence-corrected chi connectivity index (χ1v) is 10.1. The minimum atomic E-state index is -0.306. The van der Waals surface area contributed by atoms with Gasteiger partial charge in [-0.25, -0.2) is 4.79 Å². The van der Waals surface area contributed by atoms with E-state index in [1.165, 1.54) is 0 Å². The van der Waals surface area contributed by atoms with Gasteiger partial charge in [0.05, 0.1) is 19.3 Å². The van der Waals surface area contributed by atoms with Crippen LogP contribution in [0.2, 0.25) is 0 Å². The largest absolute Gasteiger partial charge is 0.445 e. The lowest BCUT2D eigenvalue weighted by Crippen LogP contribution is -2.43. The summed E-state index contributed by atoms with van der Waals surface area (Å²) in [6, 6.07) is 0.212. The Morgan fingerprint density at radius 3 is 2.32 bits per heavy atom. The van der Waals surface area contributed by atoms with Gasteiger partial charge in [-0.15, -0.1) is 0 Å². The molecule has 3 rings (SSSR count). The van der Waals surface area contributed by atoms with Crippen LogP contribution in [-0.2, 0) is 14.2 Å². The van der Waals surface area contributed by atoms with E-state index in [1.54, 1.807) is 23.1 Å². The third kappa shape index (κ3) is 7.05. The van der Waals surface area contributed by atoms with E-state index in [4.69, 9.17) is 19.9 Å². The summed E-state index contributed by atoms with van der Waals surface area (Å²) < 4.78 is 16.2. The van der Waals surface area contributed by atoms with Gasteiger partial charge in [0.1, 0.15) is 6.61 Å². The molecular weight excluding hydrogens is 360 g/mol. The van der Waals surface area contributed by atoms with Gasteiger partial charge in [0, 0.05) is 32.0 Å². The summed E-state index contributed by atoms with van der Waals surface area (Å²) in [5.41, 5.74) is 6.60. The van der Waals surface area contributed by atoms with Crippen LogP contribution in [0.1, 0.15) is 38.5 Å². The van der Waals surface area contributed by atoms with Gasteiger partial charge in [-0.1, -0.05) is 31.4 Å². The number of allylic oxidation sites excluding steroid dienone is 2. The molecule has 0 bridgehead atoms. The average Bonchev–Trinajstić information content (AvgIpc) is 3.17. The number of nitrogens with zero attached hydrogens (tertiary/aromatic N) is 1. The van der Waals surface area contributed by atoms with E-state index in [1.807, 2.05) is 0 Å². The van der Waals surface area contributed by atoms with Crippen molar-refractivity contribution in [3.8, 4) is 0 Å². The predicted molar refractivity (Wildman–Crippen MR) is 108 cm³/mol. The standard InChI is InChI=1S/C13H20N2O2.C8H14O3/c1-3-5-11(4-2)10-17-13(16)15-8-6-12(14)7-9-15;9-7-1-3-8(4-2-7)10-5-6-11-8/h3-5,12H,1-2,6-10,14H2;7,9H,1-6H2/b11-5+;. The molecule has 2 saturated heterocycles. The van der Waals surface area contributed by atoms with Crippen molar-refractivity contribution >= 4 is 6.09 Å². The van der Waals surface area contributed by atoms with Crippen LogP contribution < -0.4 is 5.73 Å². The Balaban J connectivity index is 0.000000218. The Morgan fingerprint density at radius 2 is 1.79 bits per heavy atom. The van der Waals surface area contributed by atoms with Gasteiger partial charge in [-0.05, 0) is 31.3 Å². The smallest absolute Gasteiger partial charge is 0.410 e. The molecule has 0 aromatic rings. The number of carbonyl (C=O) groups is 1. The summed E-state index contributed by atoms with van der Waals surface area (Å²) >= 11 is 0. The molecule has 1 spiro atoms. The van der Waals surface area contributed by atoms with E-state index in [0.717, 1.165) is 57.3 Å². The highest BCUT2D eigenvalue weighted by atomic mass is 16.7. The lowest BCUT2D eigenvalue weighted by molar-refractivity contribution is -0.187. The zero-order valence-electron chi connectivity index (χ0n) is 16.7. The third-order valence-corrected chi connectivity index (χ3v) is 5.28. The van der Waals surface area contributed by atoms with E-state index in [2.05, 4.69) is 13.2 Å². The molecule has 1 saturated carbocycles. The molecule has 0 unspecified atom stereocenters. The highest BCUT2D eigenvalue weighted by Gasteiger charge is 2.39. The maximum absolute atomic E-state index is 11.7. The molecule has 0 aromatic heterocycles. The SMILES string of the molecule is C=C/C=C(\C=C)COC(=O)N1CCC(N)CC1.OC1CCC2(CC1)OCCO2. The van der Waals surface area contributed by atoms with Crippen molar-refractivity contribution < 1.29 is 24.1 Å². The van der Waals surface area contributed by atoms with Crippen molar-refractivity contribution in [3.63, 3.8) is 0 Å². The number of piperidine rings is 1. The maximum atomic E-state index is 11.7. The number of rotatable bonds is 4. The molecular formula is C21H34N2O5. The minimum Gasteiger partial charge on any atom is -0.445 e. The Kier molecular flexibility index (Phi) is 9.18. The minimum absolute atomic E-state index is 0.131. The monoisotopic (exact) mass is 394 g/mol. The van der Waals surface area contributed by atoms with E-state index >= 15 is 0 Å². The van der Waals surface area contributed by atoms with Crippen molar-refractivity contribution in [2.75, 3.05) is 32.9 Å². The Bertz CT molecular complexity index is 539. The second-order valence-electron chi connectivity index (χ2n) is 7.40. The van der Waals surface area contributed by atoms with Crippen LogP contribution in [0, 0.1) is 0 Å². The van der Waals surface area contributed by atoms with Crippen molar-refractivity contribution in [1.82, 2.24) is 4.90 Å². The summed E-state index contributed by atoms with van der Waals surface area (Å²) in [6.45, 7) is 10.2. The predicted octanol–water partition coefficient (Wildman–Crippen LogP) is 2.51. The average molecular weight is 395 g/mol. The van der Waals surface area contributed by atoms with E-state index < -0.39 is 0 Å². The summed E-state index contributed by atoms with van der Waals surface area (Å²) in [5, 5.41) is 9.24. The Morgan fingerprint density at radius 1 is 1.18 bits per heavy atom. The first kappa shape index (κ1) is 22.6. The summed E-state index contributed by atoms with van der Waals surface area (Å²) in [6.07, 6.45) is 9.68. The first-order chi connectivity index (χ1) is 13.5. The number of nitrogens with two attached hydrogens (primary N) is 1. The fourth-order valence-electron chi connectivity index (χ4n) is 3.47. The number of hydrogen-bond acceptors (Lipinski definition) is 6. The number of ether oxygens (including phenoxy) is 3. The number of aliphatic hydroxyl groups excluding tert-OH is 1. The number of aliphatic hydroxyl groups is 1. The van der Waals surface area contributed by atoms with Gasteiger partial charge in [-0.3, -0.25) is 0 Å². The third-order valence-electron chi connectivity index (χ3n) is 5.28. The van der Waals surface area contributed by atoms with Gasteiger partial charge in [0.2, 0.25) is 0 Å².